The zero-order valence-electron chi connectivity index (χ0n) is 26.8. The Hall–Kier alpha value is -4.43. The van der Waals surface area contributed by atoms with Gasteiger partial charge in [0, 0.05) is 19.5 Å². The fourth-order valence-corrected chi connectivity index (χ4v) is 6.72. The number of benzene rings is 4. The average molecular weight is 626 g/mol. The van der Waals surface area contributed by atoms with Crippen LogP contribution in [0.4, 0.5) is 5.69 Å². The van der Waals surface area contributed by atoms with Crippen molar-refractivity contribution in [2.24, 2.45) is 0 Å². The molecule has 0 heterocycles. The predicted molar refractivity (Wildman–Crippen MR) is 181 cm³/mol. The number of hydrogen-bond donors (Lipinski definition) is 1. The first kappa shape index (κ1) is 33.5. The van der Waals surface area contributed by atoms with E-state index in [2.05, 4.69) is 5.32 Å². The van der Waals surface area contributed by atoms with E-state index >= 15 is 0 Å². The van der Waals surface area contributed by atoms with Crippen molar-refractivity contribution in [2.75, 3.05) is 17.4 Å². The molecule has 0 spiro atoms. The molecule has 1 atom stereocenters. The molecule has 236 valence electrons. The lowest BCUT2D eigenvalue weighted by molar-refractivity contribution is -0.140. The highest BCUT2D eigenvalue weighted by molar-refractivity contribution is 7.92. The van der Waals surface area contributed by atoms with Gasteiger partial charge in [0.15, 0.2) is 0 Å². The third-order valence-corrected chi connectivity index (χ3v) is 9.93. The SMILES string of the molecule is CCCNC(=O)C(Cc1ccccc1)N(Cc1ccccc1C)C(=O)CN(c1cccc(C)c1C)S(=O)(=O)c1ccc(C)cc1. The van der Waals surface area contributed by atoms with Gasteiger partial charge in [-0.15, -0.1) is 0 Å². The number of aryl methyl sites for hydroxylation is 3. The minimum atomic E-state index is -4.15. The number of rotatable bonds is 13. The standard InChI is InChI=1S/C37H43N3O4S/c1-6-23-38-37(42)35(24-31-15-8-7-9-16-31)39(25-32-17-11-10-13-29(32)4)36(41)26-40(34-18-12-14-28(3)30(34)5)45(43,44)33-21-19-27(2)20-22-33/h7-22,35H,6,23-26H2,1-5H3,(H,38,42). The van der Waals surface area contributed by atoms with Crippen LogP contribution in [-0.4, -0.2) is 44.3 Å². The molecular weight excluding hydrogens is 582 g/mol. The van der Waals surface area contributed by atoms with Crippen LogP contribution in [0.5, 0.6) is 0 Å². The number of amides is 2. The molecule has 0 aromatic heterocycles. The summed E-state index contributed by atoms with van der Waals surface area (Å²) in [7, 11) is -4.15. The molecule has 1 unspecified atom stereocenters. The van der Waals surface area contributed by atoms with Crippen molar-refractivity contribution in [3.05, 3.63) is 130 Å². The summed E-state index contributed by atoms with van der Waals surface area (Å²) in [6.07, 6.45) is 1.02. The van der Waals surface area contributed by atoms with Crippen LogP contribution >= 0.6 is 0 Å². The zero-order chi connectivity index (χ0) is 32.6. The summed E-state index contributed by atoms with van der Waals surface area (Å²) in [5.41, 5.74) is 5.77. The van der Waals surface area contributed by atoms with Crippen molar-refractivity contribution in [3.63, 3.8) is 0 Å². The number of sulfonamides is 1. The number of carbonyl (C=O) groups excluding carboxylic acids is 2. The molecular formula is C37H43N3O4S. The minimum absolute atomic E-state index is 0.0915. The smallest absolute Gasteiger partial charge is 0.264 e. The van der Waals surface area contributed by atoms with Crippen LogP contribution < -0.4 is 9.62 Å². The van der Waals surface area contributed by atoms with E-state index < -0.39 is 28.5 Å². The first-order valence-electron chi connectivity index (χ1n) is 15.3. The summed E-state index contributed by atoms with van der Waals surface area (Å²) in [5.74, 6) is -0.746. The Balaban J connectivity index is 1.83. The molecule has 0 fully saturated rings. The van der Waals surface area contributed by atoms with Crippen molar-refractivity contribution >= 4 is 27.5 Å². The molecule has 0 saturated heterocycles. The average Bonchev–Trinajstić information content (AvgIpc) is 3.03. The van der Waals surface area contributed by atoms with Crippen molar-refractivity contribution in [1.29, 1.82) is 0 Å². The molecule has 8 heteroatoms. The summed E-state index contributed by atoms with van der Waals surface area (Å²) >= 11 is 0. The van der Waals surface area contributed by atoms with E-state index in [4.69, 9.17) is 0 Å². The van der Waals surface area contributed by atoms with Gasteiger partial charge in [-0.1, -0.05) is 91.3 Å². The third kappa shape index (κ3) is 8.19. The molecule has 7 nitrogen and oxygen atoms in total. The molecule has 1 N–H and O–H groups in total. The van der Waals surface area contributed by atoms with Gasteiger partial charge in [0.05, 0.1) is 10.6 Å². The normalized spacial score (nSPS) is 11.9. The second-order valence-electron chi connectivity index (χ2n) is 11.5. The van der Waals surface area contributed by atoms with Crippen LogP contribution in [0, 0.1) is 27.7 Å². The van der Waals surface area contributed by atoms with Gasteiger partial charge in [-0.3, -0.25) is 13.9 Å². The molecule has 0 saturated carbocycles. The third-order valence-electron chi connectivity index (χ3n) is 8.15. The van der Waals surface area contributed by atoms with E-state index in [1.807, 2.05) is 95.3 Å². The van der Waals surface area contributed by atoms with Gasteiger partial charge in [-0.05, 0) is 80.1 Å². The van der Waals surface area contributed by atoms with Crippen LogP contribution in [0.3, 0.4) is 0 Å². The minimum Gasteiger partial charge on any atom is -0.354 e. The van der Waals surface area contributed by atoms with E-state index in [0.29, 0.717) is 12.2 Å². The first-order chi connectivity index (χ1) is 21.5. The lowest BCUT2D eigenvalue weighted by Gasteiger charge is -2.34. The van der Waals surface area contributed by atoms with Crippen LogP contribution in [0.2, 0.25) is 0 Å². The number of anilines is 1. The summed E-state index contributed by atoms with van der Waals surface area (Å²) in [6.45, 7) is 9.73. The molecule has 0 aliphatic rings. The maximum absolute atomic E-state index is 14.6. The van der Waals surface area contributed by atoms with E-state index in [-0.39, 0.29) is 23.8 Å². The van der Waals surface area contributed by atoms with Crippen LogP contribution in [0.25, 0.3) is 0 Å². The molecule has 4 aromatic carbocycles. The van der Waals surface area contributed by atoms with Crippen molar-refractivity contribution in [3.8, 4) is 0 Å². The highest BCUT2D eigenvalue weighted by Crippen LogP contribution is 2.29. The molecule has 0 aliphatic heterocycles. The summed E-state index contributed by atoms with van der Waals surface area (Å²) < 4.78 is 29.8. The van der Waals surface area contributed by atoms with Crippen LogP contribution in [-0.2, 0) is 32.6 Å². The van der Waals surface area contributed by atoms with Gasteiger partial charge in [-0.25, -0.2) is 8.42 Å². The Morgan fingerprint density at radius 1 is 0.778 bits per heavy atom. The maximum Gasteiger partial charge on any atom is 0.264 e. The van der Waals surface area contributed by atoms with Gasteiger partial charge in [0.1, 0.15) is 12.6 Å². The molecule has 0 aliphatic carbocycles. The van der Waals surface area contributed by atoms with Crippen molar-refractivity contribution in [1.82, 2.24) is 10.2 Å². The second-order valence-corrected chi connectivity index (χ2v) is 13.4. The topological polar surface area (TPSA) is 86.8 Å². The summed E-state index contributed by atoms with van der Waals surface area (Å²) in [4.78, 5) is 30.1. The van der Waals surface area contributed by atoms with E-state index in [0.717, 1.165) is 39.8 Å². The van der Waals surface area contributed by atoms with Gasteiger partial charge < -0.3 is 10.2 Å². The molecule has 45 heavy (non-hydrogen) atoms. The van der Waals surface area contributed by atoms with Gasteiger partial charge >= 0.3 is 0 Å². The lowest BCUT2D eigenvalue weighted by Crippen LogP contribution is -2.53. The highest BCUT2D eigenvalue weighted by Gasteiger charge is 2.35. The van der Waals surface area contributed by atoms with Gasteiger partial charge in [0.2, 0.25) is 11.8 Å². The number of nitrogens with zero attached hydrogens (tertiary/aromatic N) is 2. The van der Waals surface area contributed by atoms with E-state index in [1.54, 1.807) is 41.3 Å². The molecule has 0 bridgehead atoms. The quantitative estimate of drug-likeness (QED) is 0.190. The number of nitrogens with one attached hydrogen (secondary N) is 1. The molecule has 4 aromatic rings. The predicted octanol–water partition coefficient (Wildman–Crippen LogP) is 6.28. The monoisotopic (exact) mass is 625 g/mol. The second kappa shape index (κ2) is 15.0. The van der Waals surface area contributed by atoms with E-state index in [9.17, 15) is 18.0 Å². The van der Waals surface area contributed by atoms with Crippen molar-refractivity contribution < 1.29 is 18.0 Å². The van der Waals surface area contributed by atoms with Crippen molar-refractivity contribution in [2.45, 2.75) is 64.9 Å². The largest absolute Gasteiger partial charge is 0.354 e. The number of hydrogen-bond acceptors (Lipinski definition) is 4. The zero-order valence-corrected chi connectivity index (χ0v) is 27.6. The molecule has 4 rings (SSSR count). The highest BCUT2D eigenvalue weighted by atomic mass is 32.2. The Labute approximate surface area is 268 Å². The van der Waals surface area contributed by atoms with Gasteiger partial charge in [-0.2, -0.15) is 0 Å². The first-order valence-corrected chi connectivity index (χ1v) is 16.8. The van der Waals surface area contributed by atoms with Gasteiger partial charge in [0.25, 0.3) is 10.0 Å². The van der Waals surface area contributed by atoms with Crippen LogP contribution in [0.15, 0.2) is 102 Å². The molecule has 2 amide bonds. The maximum atomic E-state index is 14.6. The Morgan fingerprint density at radius 2 is 1.42 bits per heavy atom. The summed E-state index contributed by atoms with van der Waals surface area (Å²) in [5, 5.41) is 2.99. The fourth-order valence-electron chi connectivity index (χ4n) is 5.25. The Kier molecular flexibility index (Phi) is 11.2. The lowest BCUT2D eigenvalue weighted by atomic mass is 10.0. The Bertz CT molecular complexity index is 1720. The van der Waals surface area contributed by atoms with E-state index in [1.165, 1.54) is 4.31 Å². The fraction of sp³-hybridized carbons (Fsp3) is 0.297. The Morgan fingerprint density at radius 3 is 2.09 bits per heavy atom. The van der Waals surface area contributed by atoms with Crippen LogP contribution in [0.1, 0.15) is 46.7 Å². The summed E-state index contributed by atoms with van der Waals surface area (Å²) in [6, 6.07) is 28.5. The number of carbonyl (C=O) groups is 2. The molecule has 0 radical (unpaired) electrons.